The molecule has 0 unspecified atom stereocenters. The Labute approximate surface area is 71.1 Å². The zero-order valence-electron chi connectivity index (χ0n) is 7.94. The van der Waals surface area contributed by atoms with Gasteiger partial charge >= 0.3 is 68.3 Å². The zero-order chi connectivity index (χ0) is 6.69. The van der Waals surface area contributed by atoms with Gasteiger partial charge in [-0.3, -0.25) is 0 Å². The van der Waals surface area contributed by atoms with Gasteiger partial charge in [0.2, 0.25) is 0 Å². The molecule has 2 heteroatoms. The van der Waals surface area contributed by atoms with Crippen LogP contribution in [0.15, 0.2) is 21.5 Å². The van der Waals surface area contributed by atoms with Gasteiger partial charge in [0.15, 0.2) is 0 Å². The molecule has 0 aromatic rings. The van der Waals surface area contributed by atoms with Crippen molar-refractivity contribution in [3.63, 3.8) is 0 Å². The predicted molar refractivity (Wildman–Crippen MR) is 41.5 cm³/mol. The second-order valence-electron chi connectivity index (χ2n) is 2.45. The summed E-state index contributed by atoms with van der Waals surface area (Å²) in [7, 11) is 0. The van der Waals surface area contributed by atoms with E-state index in [4.69, 9.17) is 0 Å². The van der Waals surface area contributed by atoms with E-state index < -0.39 is 0 Å². The van der Waals surface area contributed by atoms with Crippen LogP contribution in [0.5, 0.6) is 0 Å². The largest absolute Gasteiger partial charge is 1.00 e. The molecule has 0 saturated heterocycles. The SMILES string of the molecule is C[Si](C)=[Zr+2][C]1=CC=CC1.[H-].[H-]. The molecular weight excluding hydrogens is 203 g/mol. The van der Waals surface area contributed by atoms with Crippen LogP contribution in [0.3, 0.4) is 0 Å². The molecule has 0 spiro atoms. The van der Waals surface area contributed by atoms with E-state index in [1.54, 1.807) is 3.28 Å². The van der Waals surface area contributed by atoms with E-state index in [-0.39, 0.29) is 30.1 Å². The predicted octanol–water partition coefficient (Wildman–Crippen LogP) is 2.39. The van der Waals surface area contributed by atoms with Gasteiger partial charge in [0.25, 0.3) is 0 Å². The Morgan fingerprint density at radius 2 is 2.44 bits per heavy atom. The molecule has 0 amide bonds. The molecule has 0 nitrogen and oxygen atoms in total. The summed E-state index contributed by atoms with van der Waals surface area (Å²) in [5.41, 5.74) is 0.144. The first-order valence-electron chi connectivity index (χ1n) is 3.22. The summed E-state index contributed by atoms with van der Waals surface area (Å²) in [6.07, 6.45) is 8.12. The van der Waals surface area contributed by atoms with E-state index in [0.717, 1.165) is 0 Å². The Balaban J connectivity index is 0. The van der Waals surface area contributed by atoms with Gasteiger partial charge in [-0.2, -0.15) is 0 Å². The van der Waals surface area contributed by atoms with Crippen molar-refractivity contribution in [2.45, 2.75) is 19.5 Å². The second kappa shape index (κ2) is 3.68. The molecular formula is C7H13SiZr. The van der Waals surface area contributed by atoms with Gasteiger partial charge in [0.1, 0.15) is 0 Å². The maximum absolute atomic E-state index is 2.44. The first-order chi connectivity index (χ1) is 4.29. The smallest absolute Gasteiger partial charge is 1.00 e. The fourth-order valence-electron chi connectivity index (χ4n) is 0.861. The minimum atomic E-state index is -0.0345. The molecule has 0 aromatic carbocycles. The van der Waals surface area contributed by atoms with Gasteiger partial charge in [-0.15, -0.1) is 0 Å². The molecule has 1 aliphatic rings. The summed E-state index contributed by atoms with van der Waals surface area (Å²) in [5, 5.41) is 0. The molecule has 0 radical (unpaired) electrons. The van der Waals surface area contributed by atoms with Crippen LogP contribution in [-0.4, -0.2) is 5.43 Å². The van der Waals surface area contributed by atoms with E-state index in [0.29, 0.717) is 0 Å². The number of hydrogen-bond acceptors (Lipinski definition) is 0. The average molecular weight is 216 g/mol. The molecule has 49 valence electrons. The molecule has 1 aliphatic carbocycles. The maximum Gasteiger partial charge on any atom is -1.00 e. The van der Waals surface area contributed by atoms with Crippen LogP contribution in [0, 0.1) is 0 Å². The van der Waals surface area contributed by atoms with Crippen molar-refractivity contribution in [3.8, 4) is 0 Å². The summed E-state index contributed by atoms with van der Waals surface area (Å²) in [6, 6.07) is 0. The number of allylic oxidation sites excluding steroid dienone is 4. The summed E-state index contributed by atoms with van der Waals surface area (Å²) < 4.78 is 1.80. The summed E-state index contributed by atoms with van der Waals surface area (Å²) in [5.74, 6) is 0. The van der Waals surface area contributed by atoms with Crippen molar-refractivity contribution in [1.29, 1.82) is 0 Å². The van der Waals surface area contributed by atoms with E-state index in [2.05, 4.69) is 31.3 Å². The molecule has 9 heavy (non-hydrogen) atoms. The quantitative estimate of drug-likeness (QED) is 0.591. The molecule has 0 heterocycles. The van der Waals surface area contributed by atoms with Gasteiger partial charge in [0.05, 0.1) is 0 Å². The van der Waals surface area contributed by atoms with E-state index in [9.17, 15) is 0 Å². The van der Waals surface area contributed by atoms with E-state index >= 15 is 0 Å². The Kier molecular flexibility index (Phi) is 3.14. The third-order valence-corrected chi connectivity index (χ3v) is 8.97. The third-order valence-electron chi connectivity index (χ3n) is 1.18. The van der Waals surface area contributed by atoms with Crippen LogP contribution in [0.1, 0.15) is 9.27 Å². The maximum atomic E-state index is 2.44. The normalized spacial score (nSPS) is 15.1. The fraction of sp³-hybridized carbons (Fsp3) is 0.429. The third kappa shape index (κ3) is 2.77. The van der Waals surface area contributed by atoms with Gasteiger partial charge in [-0.1, -0.05) is 0 Å². The minimum Gasteiger partial charge on any atom is -1.00 e. The Morgan fingerprint density at radius 3 is 2.89 bits per heavy atom. The molecule has 1 rings (SSSR count). The van der Waals surface area contributed by atoms with Crippen LogP contribution in [0.2, 0.25) is 13.1 Å². The van der Waals surface area contributed by atoms with Gasteiger partial charge < -0.3 is 2.85 Å². The van der Waals surface area contributed by atoms with Crippen LogP contribution >= 0.6 is 0 Å². The van der Waals surface area contributed by atoms with Crippen LogP contribution in [0.4, 0.5) is 0 Å². The Hall–Kier alpha value is 0.580. The Bertz CT molecular complexity index is 193. The second-order valence-corrected chi connectivity index (χ2v) is 15.5. The summed E-state index contributed by atoms with van der Waals surface area (Å²) in [6.45, 7) is 4.88. The van der Waals surface area contributed by atoms with Crippen LogP contribution < -0.4 is 0 Å². The number of hydrogen-bond donors (Lipinski definition) is 0. The van der Waals surface area contributed by atoms with Crippen LogP contribution in [0.25, 0.3) is 0 Å². The van der Waals surface area contributed by atoms with Crippen molar-refractivity contribution in [3.05, 3.63) is 21.5 Å². The Morgan fingerprint density at radius 1 is 1.67 bits per heavy atom. The van der Waals surface area contributed by atoms with E-state index in [1.807, 2.05) is 0 Å². The molecule has 0 bridgehead atoms. The van der Waals surface area contributed by atoms with E-state index in [1.165, 1.54) is 6.42 Å². The van der Waals surface area contributed by atoms with Crippen molar-refractivity contribution in [2.24, 2.45) is 0 Å². The molecule has 0 saturated carbocycles. The fourth-order valence-corrected chi connectivity index (χ4v) is 8.32. The van der Waals surface area contributed by atoms with Gasteiger partial charge in [-0.05, 0) is 0 Å². The number of rotatable bonds is 1. The van der Waals surface area contributed by atoms with Crippen molar-refractivity contribution in [1.82, 2.24) is 0 Å². The molecule has 0 atom stereocenters. The van der Waals surface area contributed by atoms with Crippen LogP contribution in [-0.2, 0) is 21.9 Å². The summed E-state index contributed by atoms with van der Waals surface area (Å²) in [4.78, 5) is 0. The van der Waals surface area contributed by atoms with Gasteiger partial charge in [-0.25, -0.2) is 0 Å². The monoisotopic (exact) mass is 215 g/mol. The van der Waals surface area contributed by atoms with Crippen molar-refractivity contribution in [2.75, 3.05) is 0 Å². The standard InChI is InChI=1S/C5H5.C2H6Si.Zr.2H/c1-2-4-5-3-1;1-3-2;;;/h1-3H,4H2;1-2H3;;;/q;;+2;2*-1. The molecule has 0 fully saturated rings. The zero-order valence-corrected chi connectivity index (χ0v) is 9.40. The molecule has 0 aliphatic heterocycles. The van der Waals surface area contributed by atoms with Crippen molar-refractivity contribution >= 4 is 5.43 Å². The summed E-state index contributed by atoms with van der Waals surface area (Å²) >= 11 is -0.0345. The van der Waals surface area contributed by atoms with Crippen molar-refractivity contribution < 1.29 is 24.7 Å². The molecule has 0 aromatic heterocycles. The molecule has 0 N–H and O–H groups in total. The average Bonchev–Trinajstić information content (AvgIpc) is 2.15. The minimum absolute atomic E-state index is 0. The first-order valence-corrected chi connectivity index (χ1v) is 10.6. The first kappa shape index (κ1) is 7.68. The van der Waals surface area contributed by atoms with Gasteiger partial charge in [0, 0.05) is 0 Å². The topological polar surface area (TPSA) is 0 Å².